The van der Waals surface area contributed by atoms with Gasteiger partial charge in [0.05, 0.1) is 12.0 Å². The first kappa shape index (κ1) is 15.3. The van der Waals surface area contributed by atoms with Crippen molar-refractivity contribution in [3.05, 3.63) is 23.9 Å². The van der Waals surface area contributed by atoms with Crippen molar-refractivity contribution >= 4 is 11.8 Å². The average molecular weight is 291 g/mol. The van der Waals surface area contributed by atoms with E-state index < -0.39 is 0 Å². The molecule has 1 unspecified atom stereocenters. The van der Waals surface area contributed by atoms with Crippen molar-refractivity contribution in [3.8, 4) is 5.88 Å². The van der Waals surface area contributed by atoms with Crippen LogP contribution in [0.2, 0.25) is 0 Å². The van der Waals surface area contributed by atoms with Gasteiger partial charge in [-0.15, -0.1) is 0 Å². The number of aromatic nitrogens is 1. The van der Waals surface area contributed by atoms with Gasteiger partial charge < -0.3 is 15.4 Å². The Bertz CT molecular complexity index is 489. The van der Waals surface area contributed by atoms with Crippen molar-refractivity contribution in [2.75, 3.05) is 6.54 Å². The van der Waals surface area contributed by atoms with Gasteiger partial charge in [-0.1, -0.05) is 6.07 Å². The van der Waals surface area contributed by atoms with E-state index in [4.69, 9.17) is 4.74 Å². The number of piperidine rings is 1. The van der Waals surface area contributed by atoms with Crippen LogP contribution in [0.15, 0.2) is 18.3 Å². The van der Waals surface area contributed by atoms with Crippen molar-refractivity contribution in [2.45, 2.75) is 39.3 Å². The molecule has 2 rings (SSSR count). The van der Waals surface area contributed by atoms with Crippen LogP contribution in [0.4, 0.5) is 0 Å². The molecule has 1 atom stereocenters. The third-order valence-corrected chi connectivity index (χ3v) is 3.26. The molecule has 0 bridgehead atoms. The van der Waals surface area contributed by atoms with Gasteiger partial charge >= 0.3 is 0 Å². The maximum atomic E-state index is 12.0. The zero-order valence-corrected chi connectivity index (χ0v) is 12.4. The molecule has 114 valence electrons. The molecule has 6 heteroatoms. The first-order chi connectivity index (χ1) is 10.0. The number of nitrogens with one attached hydrogen (secondary N) is 2. The van der Waals surface area contributed by atoms with Gasteiger partial charge in [0.25, 0.3) is 0 Å². The second kappa shape index (κ2) is 7.06. The van der Waals surface area contributed by atoms with Crippen LogP contribution in [0.1, 0.15) is 32.3 Å². The lowest BCUT2D eigenvalue weighted by Gasteiger charge is -2.21. The number of nitrogens with zero attached hydrogens (tertiary/aromatic N) is 1. The van der Waals surface area contributed by atoms with Crippen molar-refractivity contribution in [2.24, 2.45) is 5.92 Å². The molecule has 1 saturated heterocycles. The standard InChI is InChI=1S/C15H21N3O3/c1-10(2)21-14-6-3-11(7-17-14)8-18-15(20)12-4-5-13(19)16-9-12/h3,6-7,10,12H,4-5,8-9H2,1-2H3,(H,16,19)(H,18,20). The molecule has 0 aromatic carbocycles. The number of pyridine rings is 1. The first-order valence-corrected chi connectivity index (χ1v) is 7.20. The number of hydrogen-bond acceptors (Lipinski definition) is 4. The van der Waals surface area contributed by atoms with Crippen LogP contribution in [-0.2, 0) is 16.1 Å². The van der Waals surface area contributed by atoms with E-state index in [2.05, 4.69) is 15.6 Å². The number of rotatable bonds is 5. The second-order valence-electron chi connectivity index (χ2n) is 5.43. The van der Waals surface area contributed by atoms with Gasteiger partial charge in [-0.3, -0.25) is 9.59 Å². The minimum absolute atomic E-state index is 0.0176. The summed E-state index contributed by atoms with van der Waals surface area (Å²) in [7, 11) is 0. The quantitative estimate of drug-likeness (QED) is 0.848. The van der Waals surface area contributed by atoms with E-state index in [1.54, 1.807) is 12.3 Å². The predicted molar refractivity (Wildman–Crippen MR) is 77.6 cm³/mol. The summed E-state index contributed by atoms with van der Waals surface area (Å²) in [6.45, 7) is 4.74. The molecule has 0 radical (unpaired) electrons. The monoisotopic (exact) mass is 291 g/mol. The molecule has 0 aliphatic carbocycles. The van der Waals surface area contributed by atoms with Crippen molar-refractivity contribution in [1.82, 2.24) is 15.6 Å². The highest BCUT2D eigenvalue weighted by atomic mass is 16.5. The summed E-state index contributed by atoms with van der Waals surface area (Å²) in [4.78, 5) is 27.2. The van der Waals surface area contributed by atoms with Crippen molar-refractivity contribution in [1.29, 1.82) is 0 Å². The SMILES string of the molecule is CC(C)Oc1ccc(CNC(=O)C2CCC(=O)NC2)cn1. The maximum absolute atomic E-state index is 12.0. The van der Waals surface area contributed by atoms with E-state index >= 15 is 0 Å². The van der Waals surface area contributed by atoms with Gasteiger partial charge in [-0.05, 0) is 25.8 Å². The first-order valence-electron chi connectivity index (χ1n) is 7.20. The second-order valence-corrected chi connectivity index (χ2v) is 5.43. The van der Waals surface area contributed by atoms with Crippen LogP contribution in [-0.4, -0.2) is 29.4 Å². The van der Waals surface area contributed by atoms with Gasteiger partial charge in [-0.2, -0.15) is 0 Å². The molecule has 1 aromatic heterocycles. The Kier molecular flexibility index (Phi) is 5.14. The van der Waals surface area contributed by atoms with Gasteiger partial charge in [0, 0.05) is 31.8 Å². The molecule has 6 nitrogen and oxygen atoms in total. The lowest BCUT2D eigenvalue weighted by atomic mass is 9.98. The highest BCUT2D eigenvalue weighted by Crippen LogP contribution is 2.12. The normalized spacial score (nSPS) is 18.2. The summed E-state index contributed by atoms with van der Waals surface area (Å²) in [6, 6.07) is 3.68. The van der Waals surface area contributed by atoms with Crippen molar-refractivity contribution < 1.29 is 14.3 Å². The number of carbonyl (C=O) groups excluding carboxylic acids is 2. The van der Waals surface area contributed by atoms with E-state index in [0.29, 0.717) is 31.8 Å². The topological polar surface area (TPSA) is 80.3 Å². The average Bonchev–Trinajstić information content (AvgIpc) is 2.46. The molecule has 2 amide bonds. The van der Waals surface area contributed by atoms with Crippen LogP contribution in [0.3, 0.4) is 0 Å². The molecular weight excluding hydrogens is 270 g/mol. The van der Waals surface area contributed by atoms with E-state index in [9.17, 15) is 9.59 Å². The Morgan fingerprint density at radius 2 is 2.33 bits per heavy atom. The number of amides is 2. The highest BCUT2D eigenvalue weighted by molar-refractivity contribution is 5.83. The lowest BCUT2D eigenvalue weighted by molar-refractivity contribution is -0.129. The van der Waals surface area contributed by atoms with Gasteiger partial charge in [-0.25, -0.2) is 4.98 Å². The van der Waals surface area contributed by atoms with Crippen LogP contribution in [0.25, 0.3) is 0 Å². The van der Waals surface area contributed by atoms with E-state index in [1.807, 2.05) is 19.9 Å². The molecule has 0 spiro atoms. The van der Waals surface area contributed by atoms with E-state index in [0.717, 1.165) is 5.56 Å². The summed E-state index contributed by atoms with van der Waals surface area (Å²) in [5, 5.41) is 5.58. The van der Waals surface area contributed by atoms with Crippen LogP contribution >= 0.6 is 0 Å². The van der Waals surface area contributed by atoms with E-state index in [1.165, 1.54) is 0 Å². The number of carbonyl (C=O) groups is 2. The molecule has 1 fully saturated rings. The fourth-order valence-electron chi connectivity index (χ4n) is 2.12. The highest BCUT2D eigenvalue weighted by Gasteiger charge is 2.23. The largest absolute Gasteiger partial charge is 0.475 e. The summed E-state index contributed by atoms with van der Waals surface area (Å²) in [5.41, 5.74) is 0.916. The third-order valence-electron chi connectivity index (χ3n) is 3.26. The van der Waals surface area contributed by atoms with E-state index in [-0.39, 0.29) is 23.8 Å². The zero-order valence-electron chi connectivity index (χ0n) is 12.4. The molecule has 0 saturated carbocycles. The number of hydrogen-bond donors (Lipinski definition) is 2. The molecular formula is C15H21N3O3. The summed E-state index contributed by atoms with van der Waals surface area (Å²) < 4.78 is 5.46. The minimum atomic E-state index is -0.140. The smallest absolute Gasteiger partial charge is 0.225 e. The molecule has 1 aliphatic heterocycles. The predicted octanol–water partition coefficient (Wildman–Crippen LogP) is 1.01. The lowest BCUT2D eigenvalue weighted by Crippen LogP contribution is -2.42. The Morgan fingerprint density at radius 1 is 1.52 bits per heavy atom. The van der Waals surface area contributed by atoms with Gasteiger partial charge in [0.15, 0.2) is 0 Å². The fraction of sp³-hybridized carbons (Fsp3) is 0.533. The molecule has 1 aromatic rings. The van der Waals surface area contributed by atoms with Gasteiger partial charge in [0.1, 0.15) is 0 Å². The number of ether oxygens (including phenoxy) is 1. The van der Waals surface area contributed by atoms with Crippen LogP contribution in [0.5, 0.6) is 5.88 Å². The Balaban J connectivity index is 1.79. The van der Waals surface area contributed by atoms with Crippen molar-refractivity contribution in [3.63, 3.8) is 0 Å². The molecule has 2 N–H and O–H groups in total. The summed E-state index contributed by atoms with van der Waals surface area (Å²) in [6.07, 6.45) is 2.81. The minimum Gasteiger partial charge on any atom is -0.475 e. The third kappa shape index (κ3) is 4.73. The van der Waals surface area contributed by atoms with Crippen LogP contribution < -0.4 is 15.4 Å². The Hall–Kier alpha value is -2.11. The molecule has 21 heavy (non-hydrogen) atoms. The fourth-order valence-corrected chi connectivity index (χ4v) is 2.12. The maximum Gasteiger partial charge on any atom is 0.225 e. The summed E-state index contributed by atoms with van der Waals surface area (Å²) >= 11 is 0. The zero-order chi connectivity index (χ0) is 15.2. The van der Waals surface area contributed by atoms with Crippen LogP contribution in [0, 0.1) is 5.92 Å². The summed E-state index contributed by atoms with van der Waals surface area (Å²) in [5.74, 6) is 0.427. The Morgan fingerprint density at radius 3 is 2.90 bits per heavy atom. The van der Waals surface area contributed by atoms with Gasteiger partial charge in [0.2, 0.25) is 17.7 Å². The Labute approximate surface area is 124 Å². The molecule has 2 heterocycles. The molecule has 1 aliphatic rings.